The normalized spacial score (nSPS) is 10.8. The van der Waals surface area contributed by atoms with Crippen LogP contribution in [0.25, 0.3) is 0 Å². The Bertz CT molecular complexity index is 801. The molecule has 9 heteroatoms. The molecule has 0 aliphatic carbocycles. The molecule has 0 fully saturated rings. The Kier molecular flexibility index (Phi) is 8.54. The molecule has 0 spiro atoms. The van der Waals surface area contributed by atoms with Crippen molar-refractivity contribution >= 4 is 40.2 Å². The predicted octanol–water partition coefficient (Wildman–Crippen LogP) is 2.82. The maximum absolute atomic E-state index is 12.0. The summed E-state index contributed by atoms with van der Waals surface area (Å²) in [5.41, 5.74) is 4.45. The van der Waals surface area contributed by atoms with Crippen molar-refractivity contribution in [3.63, 3.8) is 0 Å². The first-order valence-electron chi connectivity index (χ1n) is 9.19. The minimum absolute atomic E-state index is 0.0558. The van der Waals surface area contributed by atoms with Crippen LogP contribution in [-0.4, -0.2) is 42.3 Å². The fraction of sp³-hybridized carbons (Fsp3) is 0.421. The smallest absolute Gasteiger partial charge is 0.247 e. The molecule has 0 saturated heterocycles. The van der Waals surface area contributed by atoms with E-state index in [1.54, 1.807) is 6.21 Å². The molecule has 0 saturated carbocycles. The van der Waals surface area contributed by atoms with Gasteiger partial charge in [0.25, 0.3) is 0 Å². The SMILES string of the molecule is CCCCCC(=O)Nc1nnc(CC(=O)N/N=C\c2ccc(N(C)C)cc2)s1. The Morgan fingerprint density at radius 1 is 1.14 bits per heavy atom. The van der Waals surface area contributed by atoms with Crippen LogP contribution < -0.4 is 15.6 Å². The molecule has 0 atom stereocenters. The lowest BCUT2D eigenvalue weighted by molar-refractivity contribution is -0.120. The zero-order chi connectivity index (χ0) is 20.4. The zero-order valence-corrected chi connectivity index (χ0v) is 17.3. The van der Waals surface area contributed by atoms with Gasteiger partial charge in [0, 0.05) is 26.2 Å². The maximum Gasteiger partial charge on any atom is 0.247 e. The van der Waals surface area contributed by atoms with Crippen LogP contribution in [0.4, 0.5) is 10.8 Å². The third-order valence-electron chi connectivity index (χ3n) is 3.84. The Hall–Kier alpha value is -2.81. The van der Waals surface area contributed by atoms with E-state index in [1.807, 2.05) is 43.3 Å². The fourth-order valence-corrected chi connectivity index (χ4v) is 3.06. The molecule has 8 nitrogen and oxygen atoms in total. The number of hydrogen-bond acceptors (Lipinski definition) is 7. The summed E-state index contributed by atoms with van der Waals surface area (Å²) in [6.45, 7) is 2.09. The molecule has 0 radical (unpaired) electrons. The van der Waals surface area contributed by atoms with Crippen LogP contribution in [0.1, 0.15) is 43.2 Å². The summed E-state index contributed by atoms with van der Waals surface area (Å²) in [5, 5.41) is 15.4. The maximum atomic E-state index is 12.0. The van der Waals surface area contributed by atoms with E-state index in [4.69, 9.17) is 0 Å². The average molecular weight is 403 g/mol. The molecular formula is C19H26N6O2S. The number of unbranched alkanes of at least 4 members (excludes halogenated alkanes) is 2. The number of benzene rings is 1. The van der Waals surface area contributed by atoms with Crippen molar-refractivity contribution < 1.29 is 9.59 Å². The highest BCUT2D eigenvalue weighted by molar-refractivity contribution is 7.15. The lowest BCUT2D eigenvalue weighted by Gasteiger charge is -2.11. The van der Waals surface area contributed by atoms with Gasteiger partial charge in [-0.2, -0.15) is 5.10 Å². The molecule has 150 valence electrons. The summed E-state index contributed by atoms with van der Waals surface area (Å²) in [6, 6.07) is 7.79. The van der Waals surface area contributed by atoms with Crippen LogP contribution in [0.2, 0.25) is 0 Å². The Morgan fingerprint density at radius 3 is 2.57 bits per heavy atom. The van der Waals surface area contributed by atoms with Crippen LogP contribution in [0.5, 0.6) is 0 Å². The highest BCUT2D eigenvalue weighted by Gasteiger charge is 2.11. The van der Waals surface area contributed by atoms with Crippen molar-refractivity contribution in [3.8, 4) is 0 Å². The van der Waals surface area contributed by atoms with Gasteiger partial charge in [0.1, 0.15) is 5.01 Å². The molecule has 1 heterocycles. The molecule has 0 unspecified atom stereocenters. The summed E-state index contributed by atoms with van der Waals surface area (Å²) >= 11 is 1.19. The number of hydrogen-bond donors (Lipinski definition) is 2. The molecule has 2 N–H and O–H groups in total. The summed E-state index contributed by atoms with van der Waals surface area (Å²) < 4.78 is 0. The standard InChI is InChI=1S/C19H26N6O2S/c1-4-5-6-7-16(26)21-19-24-23-18(28-19)12-17(27)22-20-13-14-8-10-15(11-9-14)25(2)3/h8-11,13H,4-7,12H2,1-3H3,(H,22,27)(H,21,24,26)/b20-13-. The molecule has 1 aromatic heterocycles. The number of carbonyl (C=O) groups excluding carboxylic acids is 2. The van der Waals surface area contributed by atoms with Crippen molar-refractivity contribution in [1.82, 2.24) is 15.6 Å². The minimum atomic E-state index is -0.293. The first-order chi connectivity index (χ1) is 13.5. The van der Waals surface area contributed by atoms with E-state index >= 15 is 0 Å². The van der Waals surface area contributed by atoms with Gasteiger partial charge in [0.15, 0.2) is 0 Å². The molecule has 0 aliphatic heterocycles. The van der Waals surface area contributed by atoms with Gasteiger partial charge in [-0.3, -0.25) is 9.59 Å². The second-order valence-corrected chi connectivity index (χ2v) is 7.52. The van der Waals surface area contributed by atoms with Gasteiger partial charge in [0.05, 0.1) is 12.6 Å². The predicted molar refractivity (Wildman–Crippen MR) is 113 cm³/mol. The van der Waals surface area contributed by atoms with Gasteiger partial charge in [-0.15, -0.1) is 10.2 Å². The van der Waals surface area contributed by atoms with E-state index in [0.717, 1.165) is 30.5 Å². The summed E-state index contributed by atoms with van der Waals surface area (Å²) in [4.78, 5) is 25.8. The monoisotopic (exact) mass is 402 g/mol. The van der Waals surface area contributed by atoms with Crippen LogP contribution in [-0.2, 0) is 16.0 Å². The first-order valence-corrected chi connectivity index (χ1v) is 10.0. The molecule has 2 aromatic rings. The molecule has 1 aromatic carbocycles. The molecule has 2 amide bonds. The number of aromatic nitrogens is 2. The molecular weight excluding hydrogens is 376 g/mol. The number of anilines is 2. The zero-order valence-electron chi connectivity index (χ0n) is 16.4. The summed E-state index contributed by atoms with van der Waals surface area (Å²) in [7, 11) is 3.94. The highest BCUT2D eigenvalue weighted by Crippen LogP contribution is 2.16. The number of nitrogens with one attached hydrogen (secondary N) is 2. The molecule has 28 heavy (non-hydrogen) atoms. The summed E-state index contributed by atoms with van der Waals surface area (Å²) in [6.07, 6.45) is 5.05. The van der Waals surface area contributed by atoms with E-state index in [-0.39, 0.29) is 18.2 Å². The number of rotatable bonds is 10. The van der Waals surface area contributed by atoms with Gasteiger partial charge >= 0.3 is 0 Å². The topological polar surface area (TPSA) is 99.6 Å². The van der Waals surface area contributed by atoms with Crippen LogP contribution >= 0.6 is 11.3 Å². The number of nitrogens with zero attached hydrogens (tertiary/aromatic N) is 4. The van der Waals surface area contributed by atoms with Gasteiger partial charge < -0.3 is 10.2 Å². The third-order valence-corrected chi connectivity index (χ3v) is 4.68. The van der Waals surface area contributed by atoms with E-state index in [2.05, 4.69) is 33.0 Å². The average Bonchev–Trinajstić information content (AvgIpc) is 3.09. The van der Waals surface area contributed by atoms with Gasteiger partial charge in [-0.05, 0) is 24.1 Å². The van der Waals surface area contributed by atoms with Crippen molar-refractivity contribution in [1.29, 1.82) is 0 Å². The van der Waals surface area contributed by atoms with Crippen molar-refractivity contribution in [2.24, 2.45) is 5.10 Å². The second kappa shape index (κ2) is 11.1. The first kappa shape index (κ1) is 21.5. The van der Waals surface area contributed by atoms with Crippen molar-refractivity contribution in [2.45, 2.75) is 39.0 Å². The van der Waals surface area contributed by atoms with Crippen LogP contribution in [0, 0.1) is 0 Å². The van der Waals surface area contributed by atoms with Crippen LogP contribution in [0.15, 0.2) is 29.4 Å². The fourth-order valence-electron chi connectivity index (χ4n) is 2.31. The molecule has 0 bridgehead atoms. The number of amides is 2. The van der Waals surface area contributed by atoms with Gasteiger partial charge in [0.2, 0.25) is 16.9 Å². The van der Waals surface area contributed by atoms with E-state index < -0.39 is 0 Å². The van der Waals surface area contributed by atoms with Crippen molar-refractivity contribution in [3.05, 3.63) is 34.8 Å². The Labute approximate surface area is 169 Å². The summed E-state index contributed by atoms with van der Waals surface area (Å²) in [5.74, 6) is -0.372. The largest absolute Gasteiger partial charge is 0.378 e. The second-order valence-electron chi connectivity index (χ2n) is 6.46. The van der Waals surface area contributed by atoms with Crippen LogP contribution in [0.3, 0.4) is 0 Å². The van der Waals surface area contributed by atoms with Crippen molar-refractivity contribution in [2.75, 3.05) is 24.3 Å². The van der Waals surface area contributed by atoms with Gasteiger partial charge in [-0.25, -0.2) is 5.43 Å². The Morgan fingerprint density at radius 2 is 1.89 bits per heavy atom. The quantitative estimate of drug-likeness (QED) is 0.362. The number of hydrazone groups is 1. The molecule has 2 rings (SSSR count). The number of carbonyl (C=O) groups is 2. The molecule has 0 aliphatic rings. The highest BCUT2D eigenvalue weighted by atomic mass is 32.1. The van der Waals surface area contributed by atoms with E-state index in [0.29, 0.717) is 16.6 Å². The third kappa shape index (κ3) is 7.43. The lowest BCUT2D eigenvalue weighted by Crippen LogP contribution is -2.19. The van der Waals surface area contributed by atoms with E-state index in [1.165, 1.54) is 11.3 Å². The Balaban J connectivity index is 1.77. The van der Waals surface area contributed by atoms with Gasteiger partial charge in [-0.1, -0.05) is 43.2 Å². The van der Waals surface area contributed by atoms with E-state index in [9.17, 15) is 9.59 Å². The minimum Gasteiger partial charge on any atom is -0.378 e. The lowest BCUT2D eigenvalue weighted by atomic mass is 10.2.